The van der Waals surface area contributed by atoms with E-state index >= 15 is 0 Å². The van der Waals surface area contributed by atoms with Gasteiger partial charge in [0.2, 0.25) is 5.91 Å². The van der Waals surface area contributed by atoms with E-state index in [9.17, 15) is 49.1 Å². The molecule has 11 aromatic heterocycles. The third kappa shape index (κ3) is 24.2. The van der Waals surface area contributed by atoms with Crippen molar-refractivity contribution in [1.29, 1.82) is 0 Å². The predicted molar refractivity (Wildman–Crippen MR) is 507 cm³/mol. The second-order valence-corrected chi connectivity index (χ2v) is 36.8. The molecule has 2 fully saturated rings. The highest BCUT2D eigenvalue weighted by Crippen LogP contribution is 2.43. The summed E-state index contributed by atoms with van der Waals surface area (Å²) in [6, 6.07) is 30.5. The summed E-state index contributed by atoms with van der Waals surface area (Å²) in [6.07, 6.45) is 20.8. The van der Waals surface area contributed by atoms with Gasteiger partial charge >= 0.3 is 18.1 Å². The molecule has 0 bridgehead atoms. The van der Waals surface area contributed by atoms with Gasteiger partial charge in [0.05, 0.1) is 69.7 Å². The van der Waals surface area contributed by atoms with Crippen LogP contribution in [0.25, 0.3) is 108 Å². The molecule has 0 aliphatic carbocycles. The Morgan fingerprint density at radius 1 is 0.527 bits per heavy atom. The van der Waals surface area contributed by atoms with Crippen LogP contribution >= 0.6 is 45.3 Å². The number of amides is 7. The van der Waals surface area contributed by atoms with Crippen LogP contribution in [0.5, 0.6) is 5.75 Å². The number of carbonyl (C=O) groups excluding carboxylic acids is 4. The maximum atomic E-state index is 14.7. The average molecular weight is 1850 g/mol. The van der Waals surface area contributed by atoms with Crippen LogP contribution in [0.15, 0.2) is 171 Å². The van der Waals surface area contributed by atoms with Crippen molar-refractivity contribution < 1.29 is 58.6 Å². The molecule has 0 radical (unpaired) electrons. The molecular weight excluding hydrogens is 1750 g/mol. The largest absolute Gasteiger partial charge is 0.490 e. The molecule has 7 amide bonds. The van der Waals surface area contributed by atoms with Gasteiger partial charge in [0.25, 0.3) is 0 Å². The van der Waals surface area contributed by atoms with Crippen molar-refractivity contribution in [2.75, 3.05) is 67.2 Å². The van der Waals surface area contributed by atoms with Gasteiger partial charge in [0.1, 0.15) is 41.1 Å². The van der Waals surface area contributed by atoms with Crippen LogP contribution in [0, 0.1) is 5.82 Å². The normalized spacial score (nSPS) is 13.9. The lowest BCUT2D eigenvalue weighted by atomic mass is 9.96. The van der Waals surface area contributed by atoms with Crippen LogP contribution in [-0.2, 0) is 32.9 Å². The molecule has 33 nitrogen and oxygen atoms in total. The highest BCUT2D eigenvalue weighted by Gasteiger charge is 2.36. The zero-order valence-corrected chi connectivity index (χ0v) is 77.0. The second-order valence-electron chi connectivity index (χ2n) is 32.8. The zero-order chi connectivity index (χ0) is 92.9. The minimum atomic E-state index is -1.14. The topological polar surface area (TPSA) is 456 Å². The van der Waals surface area contributed by atoms with Gasteiger partial charge in [-0.2, -0.15) is 0 Å². The number of hydrogen-bond acceptors (Lipinski definition) is 30. The number of halogens is 1. The quantitative estimate of drug-likeness (QED) is 0.0253. The Kier molecular flexibility index (Phi) is 29.8. The number of benzene rings is 4. The van der Waals surface area contributed by atoms with Crippen LogP contribution in [0.4, 0.5) is 39.3 Å². The fourth-order valence-corrected chi connectivity index (χ4v) is 17.8. The zero-order valence-electron chi connectivity index (χ0n) is 73.7. The number of aliphatic hydroxyl groups is 5. The van der Waals surface area contributed by atoms with Gasteiger partial charge in [-0.15, -0.1) is 0 Å². The number of likely N-dealkylation sites (tertiary alicyclic amines) is 1. The summed E-state index contributed by atoms with van der Waals surface area (Å²) in [4.78, 5) is 112. The maximum absolute atomic E-state index is 14.7. The van der Waals surface area contributed by atoms with Crippen molar-refractivity contribution >= 4 is 131 Å². The van der Waals surface area contributed by atoms with Crippen LogP contribution in [0.2, 0.25) is 0 Å². The van der Waals surface area contributed by atoms with Crippen LogP contribution in [0.3, 0.4) is 0 Å². The first-order chi connectivity index (χ1) is 62.7. The standard InChI is InChI=1S/C27H31N7O3S.C23H23N5O2S.C22H27N5O4S.C21H18FN5O2S/c1-5-28-24(35)33-25-32-21-10-17(18-11-30-23(31-12-18)26(2,3)36)9-19(22(21)38-25)20-8-16(6-7-29-20)13-34-14-27(4,37)15-34;1-4-7-19(29)28-22-27-18-11-14(15-12-25-21(26-13-15)23(2,3)30)10-16(20(18)31-22)17-8-5-6-9-24-17;1-4-23-20(28)27-21-26-16-8-15(13-10-24-19(25-11-13)22(2,3)29)17(9-18(16)32-21)31-12-14-6-5-7-30-14;1-2-24-20(29)27-21-26-17-8-14(15(22)9-18(17)30-21)12-5-6-16(25-11-12)19(28)13-4-3-7-23-10-13/h6-12,36-37H,5,13-15H2,1-4H3,(H2,28,32,33,35);5-6,8-13,30H,4,7H2,1-3H3,(H,27,28,29);8-11,14,29H,4-7,12H2,1-3H3,(H2,23,26,27,28);3-11,19,28H,2H2,1H3,(H2,24,26,27,29). The molecule has 12 N–H and O–H groups in total. The Labute approximate surface area is 769 Å². The lowest BCUT2D eigenvalue weighted by Crippen LogP contribution is -2.59. The lowest BCUT2D eigenvalue weighted by molar-refractivity contribution is -0.116. The molecule has 678 valence electrons. The maximum Gasteiger partial charge on any atom is 0.321 e. The molecule has 2 saturated heterocycles. The number of rotatable bonds is 25. The molecule has 2 aliphatic heterocycles. The molecule has 0 saturated carbocycles. The second kappa shape index (κ2) is 41.4. The number of aliphatic hydroxyl groups excluding tert-OH is 1. The number of carbonyl (C=O) groups is 4. The third-order valence-electron chi connectivity index (χ3n) is 20.3. The molecule has 2 atom stereocenters. The fraction of sp³-hybridized carbons (Fsp3) is 0.312. The van der Waals surface area contributed by atoms with Gasteiger partial charge in [-0.05, 0) is 184 Å². The van der Waals surface area contributed by atoms with Crippen molar-refractivity contribution in [2.45, 2.75) is 143 Å². The summed E-state index contributed by atoms with van der Waals surface area (Å²) in [5, 5.41) is 72.1. The average Bonchev–Trinajstić information content (AvgIpc) is 1.66. The summed E-state index contributed by atoms with van der Waals surface area (Å²) in [5.41, 5.74) is 10.1. The predicted octanol–water partition coefficient (Wildman–Crippen LogP) is 16.3. The van der Waals surface area contributed by atoms with E-state index in [-0.39, 0.29) is 30.1 Å². The molecule has 13 heterocycles. The number of thiazole rings is 4. The van der Waals surface area contributed by atoms with E-state index in [2.05, 4.69) is 118 Å². The van der Waals surface area contributed by atoms with Gasteiger partial charge in [-0.1, -0.05) is 70.5 Å². The van der Waals surface area contributed by atoms with Crippen molar-refractivity contribution in [2.24, 2.45) is 0 Å². The number of ether oxygens (including phenoxy) is 2. The van der Waals surface area contributed by atoms with E-state index in [4.69, 9.17) is 9.47 Å². The molecule has 2 unspecified atom stereocenters. The fourth-order valence-electron chi connectivity index (χ4n) is 14.1. The van der Waals surface area contributed by atoms with Crippen LogP contribution in [-0.4, -0.2) is 182 Å². The third-order valence-corrected chi connectivity index (χ3v) is 24.2. The van der Waals surface area contributed by atoms with E-state index in [1.807, 2.05) is 95.3 Å². The highest BCUT2D eigenvalue weighted by molar-refractivity contribution is 7.23. The summed E-state index contributed by atoms with van der Waals surface area (Å²) >= 11 is 5.39. The number of hydrogen-bond donors (Lipinski definition) is 12. The summed E-state index contributed by atoms with van der Waals surface area (Å²) < 4.78 is 29.9. The molecular formula is C93H99FN22O11S4. The van der Waals surface area contributed by atoms with Crippen LogP contribution < -0.4 is 42.0 Å². The summed E-state index contributed by atoms with van der Waals surface area (Å²) in [5.74, 6) is 1.24. The Morgan fingerprint density at radius 2 is 1.04 bits per heavy atom. The number of aromatic nitrogens is 14. The molecule has 2 aliphatic rings. The van der Waals surface area contributed by atoms with Crippen molar-refractivity contribution in [3.8, 4) is 72.8 Å². The molecule has 0 spiro atoms. The number of nitrogens with one attached hydrogen (secondary N) is 7. The molecule has 131 heavy (non-hydrogen) atoms. The van der Waals surface area contributed by atoms with Crippen molar-refractivity contribution in [3.63, 3.8) is 0 Å². The monoisotopic (exact) mass is 1850 g/mol. The first-order valence-electron chi connectivity index (χ1n) is 42.4. The van der Waals surface area contributed by atoms with Crippen molar-refractivity contribution in [1.82, 2.24) is 90.6 Å². The summed E-state index contributed by atoms with van der Waals surface area (Å²) in [7, 11) is 0. The van der Waals surface area contributed by atoms with Gasteiger partial charge in [0, 0.05) is 177 Å². The first-order valence-corrected chi connectivity index (χ1v) is 45.6. The minimum absolute atomic E-state index is 0.0447. The molecule has 17 rings (SSSR count). The Hall–Kier alpha value is -13.0. The number of nitrogens with zero attached hydrogens (tertiary/aromatic N) is 15. The highest BCUT2D eigenvalue weighted by atomic mass is 32.1. The van der Waals surface area contributed by atoms with E-state index < -0.39 is 34.3 Å². The van der Waals surface area contributed by atoms with E-state index in [0.717, 1.165) is 112 Å². The smallest absolute Gasteiger partial charge is 0.321 e. The number of pyridine rings is 4. The minimum Gasteiger partial charge on any atom is -0.490 e. The van der Waals surface area contributed by atoms with E-state index in [0.29, 0.717) is 134 Å². The molecule has 15 aromatic rings. The lowest BCUT2D eigenvalue weighted by Gasteiger charge is -2.44. The van der Waals surface area contributed by atoms with E-state index in [1.165, 1.54) is 57.6 Å². The SMILES string of the molecule is CCCC(=O)Nc1nc2cc(-c3cnc(C(C)(C)O)nc3)cc(-c3ccccn3)c2s1.CCNC(=O)Nc1nc2cc(-c3ccc(C(O)c4cccnc4)nc3)c(F)cc2s1.CCNC(=O)Nc1nc2cc(-c3cnc(C(C)(C)O)nc3)c(OCC3CCCO3)cc2s1.CCNC(=O)Nc1nc2cc(-c3cnc(C(C)(C)O)nc3)cc(-c3cc(CN4CC(C)(O)C4)ccn3)c2s1. The summed E-state index contributed by atoms with van der Waals surface area (Å²) in [6.45, 7) is 23.9. The van der Waals surface area contributed by atoms with Gasteiger partial charge in [-0.3, -0.25) is 45.6 Å². The number of anilines is 4. The number of urea groups is 3. The molecule has 38 heteroatoms. The number of fused-ring (bicyclic) bond motifs is 4. The van der Waals surface area contributed by atoms with Gasteiger partial charge in [0.15, 0.2) is 38.0 Å². The Bertz CT molecular complexity index is 6520. The van der Waals surface area contributed by atoms with E-state index in [1.54, 1.807) is 134 Å². The first kappa shape index (κ1) is 94.1. The number of β-amino-alcohol motifs (C(OH)–C–C–N with tert-alkyl or cyclic N) is 1. The van der Waals surface area contributed by atoms with Crippen molar-refractivity contribution in [3.05, 3.63) is 211 Å². The Balaban J connectivity index is 0.000000141. The van der Waals surface area contributed by atoms with Crippen LogP contribution in [0.1, 0.15) is 142 Å². The molecule has 4 aromatic carbocycles. The van der Waals surface area contributed by atoms with Gasteiger partial charge < -0.3 is 56.3 Å². The van der Waals surface area contributed by atoms with Gasteiger partial charge in [-0.25, -0.2) is 68.6 Å². The Morgan fingerprint density at radius 3 is 1.53 bits per heavy atom.